The van der Waals surface area contributed by atoms with Gasteiger partial charge in [0, 0.05) is 0 Å². The molecular weight excluding hydrogens is 574 g/mol. The molecule has 1 aliphatic heterocycles. The summed E-state index contributed by atoms with van der Waals surface area (Å²) in [5.74, 6) is -2.89. The fraction of sp³-hybridized carbons (Fsp3) is 0.739. The Morgan fingerprint density at radius 3 is 1.70 bits per heavy atom. The zero-order valence-electron chi connectivity index (χ0n) is 20.5. The van der Waals surface area contributed by atoms with Crippen LogP contribution in [0.2, 0.25) is 13.3 Å². The first-order chi connectivity index (χ1) is 15.5. The normalized spacial score (nSPS) is 15.5. The van der Waals surface area contributed by atoms with Crippen molar-refractivity contribution in [1.82, 2.24) is 10.2 Å². The van der Waals surface area contributed by atoms with E-state index in [1.54, 1.807) is 0 Å². The molecule has 1 heterocycles. The quantitative estimate of drug-likeness (QED) is 0.206. The maximum absolute atomic E-state index is 13.3. The maximum atomic E-state index is 13.3. The van der Waals surface area contributed by atoms with Gasteiger partial charge in [0.05, 0.1) is 0 Å². The van der Waals surface area contributed by atoms with E-state index in [1.807, 2.05) is 13.8 Å². The number of hydrogen-bond donors (Lipinski definition) is 1. The zero-order chi connectivity index (χ0) is 25.2. The standard InChI is InChI=1S/C11H12Cl2N2O5.3C4H9.Sn/c1-4(2)8(11(19)20)14-5(16)3-15-9(17)6(12)7(13)10(15)18;3*1-3-4-2;/h4,8H,3H2,1-2H3,(H,14,16)(H,19,20);3*1,3-4H2,2H3;/q;;;;+1/p-1/t8-;;;;/m0..../s1. The van der Waals surface area contributed by atoms with Gasteiger partial charge >= 0.3 is 213 Å². The van der Waals surface area contributed by atoms with Crippen LogP contribution >= 0.6 is 23.2 Å². The Labute approximate surface area is 212 Å². The van der Waals surface area contributed by atoms with Crippen molar-refractivity contribution in [3.8, 4) is 0 Å². The molecule has 0 aromatic carbocycles. The van der Waals surface area contributed by atoms with Crippen LogP contribution in [0, 0.1) is 5.92 Å². The van der Waals surface area contributed by atoms with Crippen LogP contribution in [0.5, 0.6) is 0 Å². The second-order valence-corrected chi connectivity index (χ2v) is 21.4. The Balaban J connectivity index is 2.96. The number of carbonyl (C=O) groups is 4. The number of carbonyl (C=O) groups excluding carboxylic acids is 4. The predicted molar refractivity (Wildman–Crippen MR) is 133 cm³/mol. The van der Waals surface area contributed by atoms with E-state index in [4.69, 9.17) is 26.3 Å². The van der Waals surface area contributed by atoms with Crippen molar-refractivity contribution in [1.29, 1.82) is 0 Å². The number of unbranched alkanes of at least 4 members (excludes halogenated alkanes) is 3. The van der Waals surface area contributed by atoms with Gasteiger partial charge in [-0.05, 0) is 0 Å². The average molecular weight is 612 g/mol. The van der Waals surface area contributed by atoms with Crippen molar-refractivity contribution in [2.75, 3.05) is 6.54 Å². The predicted octanol–water partition coefficient (Wildman–Crippen LogP) is 5.07. The monoisotopic (exact) mass is 612 g/mol. The number of amides is 3. The molecule has 0 aliphatic carbocycles. The minimum atomic E-state index is -3.22. The molecule has 0 fully saturated rings. The molecule has 1 N–H and O–H groups in total. The van der Waals surface area contributed by atoms with Gasteiger partial charge < -0.3 is 0 Å². The van der Waals surface area contributed by atoms with Crippen molar-refractivity contribution < 1.29 is 22.3 Å². The molecule has 1 aliphatic rings. The summed E-state index contributed by atoms with van der Waals surface area (Å²) in [6, 6.07) is -0.856. The van der Waals surface area contributed by atoms with E-state index in [0.717, 1.165) is 51.8 Å². The first kappa shape index (κ1) is 30.2. The molecule has 0 radical (unpaired) electrons. The SMILES string of the molecule is CCC[CH2][Sn]([CH2]CCC)([CH2]CCC)[O]C(=O)[C@@H](NC(=O)CN1C(=O)C(Cl)=C(Cl)C1=O)C(C)C. The molecule has 0 aromatic heterocycles. The van der Waals surface area contributed by atoms with Crippen LogP contribution in [-0.4, -0.2) is 60.0 Å². The Morgan fingerprint density at radius 1 is 0.909 bits per heavy atom. The van der Waals surface area contributed by atoms with Crippen molar-refractivity contribution in [3.63, 3.8) is 0 Å². The number of nitrogens with one attached hydrogen (secondary N) is 1. The second-order valence-electron chi connectivity index (χ2n) is 9.03. The molecule has 7 nitrogen and oxygen atoms in total. The van der Waals surface area contributed by atoms with Crippen LogP contribution in [0.3, 0.4) is 0 Å². The van der Waals surface area contributed by atoms with Crippen molar-refractivity contribution >= 4 is 65.7 Å². The first-order valence-corrected chi connectivity index (χ1v) is 19.9. The topological polar surface area (TPSA) is 92.8 Å². The molecule has 33 heavy (non-hydrogen) atoms. The van der Waals surface area contributed by atoms with E-state index in [2.05, 4.69) is 26.1 Å². The minimum absolute atomic E-state index is 0.218. The summed E-state index contributed by atoms with van der Waals surface area (Å²) < 4.78 is 9.36. The molecular formula is C23H38Cl2N2O5Sn. The molecule has 10 heteroatoms. The van der Waals surface area contributed by atoms with Gasteiger partial charge in [-0.3, -0.25) is 0 Å². The number of nitrogens with zero attached hydrogens (tertiary/aromatic N) is 1. The zero-order valence-corrected chi connectivity index (χ0v) is 24.8. The fourth-order valence-electron chi connectivity index (χ4n) is 3.82. The summed E-state index contributed by atoms with van der Waals surface area (Å²) in [6.45, 7) is 9.52. The Bertz CT molecular complexity index is 711. The Kier molecular flexibility index (Phi) is 13.3. The van der Waals surface area contributed by atoms with Gasteiger partial charge in [0.1, 0.15) is 0 Å². The van der Waals surface area contributed by atoms with Crippen molar-refractivity contribution in [2.45, 2.75) is 92.5 Å². The van der Waals surface area contributed by atoms with Crippen LogP contribution in [0.15, 0.2) is 10.1 Å². The summed E-state index contributed by atoms with van der Waals surface area (Å²) in [7, 11) is 0. The molecule has 188 valence electrons. The summed E-state index contributed by atoms with van der Waals surface area (Å²) >= 11 is 8.23. The van der Waals surface area contributed by atoms with E-state index in [1.165, 1.54) is 0 Å². The molecule has 1 atom stereocenters. The van der Waals surface area contributed by atoms with Crippen LogP contribution in [0.1, 0.15) is 73.1 Å². The van der Waals surface area contributed by atoms with Crippen LogP contribution in [-0.2, 0) is 22.3 Å². The van der Waals surface area contributed by atoms with E-state index in [0.29, 0.717) is 4.90 Å². The van der Waals surface area contributed by atoms with E-state index in [9.17, 15) is 19.2 Å². The molecule has 0 unspecified atom stereocenters. The van der Waals surface area contributed by atoms with Gasteiger partial charge in [-0.1, -0.05) is 0 Å². The molecule has 0 saturated carbocycles. The van der Waals surface area contributed by atoms with Crippen LogP contribution in [0.4, 0.5) is 0 Å². The van der Waals surface area contributed by atoms with E-state index >= 15 is 0 Å². The summed E-state index contributed by atoms with van der Waals surface area (Å²) in [5.41, 5.74) is 0. The van der Waals surface area contributed by atoms with Gasteiger partial charge in [-0.2, -0.15) is 0 Å². The third-order valence-corrected chi connectivity index (χ3v) is 19.3. The third kappa shape index (κ3) is 8.73. The molecule has 1 rings (SSSR count). The molecule has 0 spiro atoms. The molecule has 0 bridgehead atoms. The van der Waals surface area contributed by atoms with Crippen molar-refractivity contribution in [2.24, 2.45) is 5.92 Å². The van der Waals surface area contributed by atoms with Gasteiger partial charge in [-0.15, -0.1) is 0 Å². The Hall–Kier alpha value is -0.801. The molecule has 0 saturated heterocycles. The van der Waals surface area contributed by atoms with Gasteiger partial charge in [-0.25, -0.2) is 0 Å². The van der Waals surface area contributed by atoms with Crippen molar-refractivity contribution in [3.05, 3.63) is 10.1 Å². The fourth-order valence-corrected chi connectivity index (χ4v) is 17.3. The summed E-state index contributed by atoms with van der Waals surface area (Å²) in [6.07, 6.45) is 6.29. The first-order valence-electron chi connectivity index (χ1n) is 12.0. The van der Waals surface area contributed by atoms with Crippen LogP contribution < -0.4 is 5.32 Å². The summed E-state index contributed by atoms with van der Waals surface area (Å²) in [5, 5.41) is 1.86. The van der Waals surface area contributed by atoms with Gasteiger partial charge in [0.2, 0.25) is 0 Å². The average Bonchev–Trinajstić information content (AvgIpc) is 2.95. The number of imide groups is 1. The second kappa shape index (κ2) is 14.6. The number of rotatable bonds is 15. The van der Waals surface area contributed by atoms with Gasteiger partial charge in [0.25, 0.3) is 0 Å². The third-order valence-electron chi connectivity index (χ3n) is 5.87. The summed E-state index contributed by atoms with van der Waals surface area (Å²) in [4.78, 5) is 50.8. The Morgan fingerprint density at radius 2 is 1.33 bits per heavy atom. The van der Waals surface area contributed by atoms with Gasteiger partial charge in [0.15, 0.2) is 0 Å². The number of halogens is 2. The van der Waals surface area contributed by atoms with E-state index in [-0.39, 0.29) is 5.92 Å². The number of hydrogen-bond acceptors (Lipinski definition) is 5. The van der Waals surface area contributed by atoms with Crippen LogP contribution in [0.25, 0.3) is 0 Å². The molecule has 0 aromatic rings. The van der Waals surface area contributed by atoms with E-state index < -0.39 is 65.1 Å². The molecule has 3 amide bonds.